The van der Waals surface area contributed by atoms with Crippen molar-refractivity contribution in [3.05, 3.63) is 52.9 Å². The number of imide groups is 1. The van der Waals surface area contributed by atoms with E-state index in [1.54, 1.807) is 24.3 Å². The average Bonchev–Trinajstić information content (AvgIpc) is 3.30. The second kappa shape index (κ2) is 8.98. The molecule has 9 heteroatoms. The summed E-state index contributed by atoms with van der Waals surface area (Å²) in [7, 11) is 0. The van der Waals surface area contributed by atoms with Gasteiger partial charge in [0.2, 0.25) is 5.91 Å². The molecule has 0 radical (unpaired) electrons. The van der Waals surface area contributed by atoms with Crippen molar-refractivity contribution in [1.29, 1.82) is 0 Å². The van der Waals surface area contributed by atoms with E-state index < -0.39 is 0 Å². The summed E-state index contributed by atoms with van der Waals surface area (Å²) in [5.74, 6) is -0.409. The quantitative estimate of drug-likeness (QED) is 0.524. The van der Waals surface area contributed by atoms with Crippen LogP contribution in [0, 0.1) is 0 Å². The third-order valence-electron chi connectivity index (χ3n) is 5.37. The van der Waals surface area contributed by atoms with Crippen molar-refractivity contribution in [3.8, 4) is 0 Å². The summed E-state index contributed by atoms with van der Waals surface area (Å²) in [6, 6.07) is 6.76. The summed E-state index contributed by atoms with van der Waals surface area (Å²) in [5, 5.41) is 14.9. The van der Waals surface area contributed by atoms with E-state index in [1.807, 2.05) is 0 Å². The lowest BCUT2D eigenvalue weighted by atomic mass is 9.97. The van der Waals surface area contributed by atoms with Crippen LogP contribution in [-0.4, -0.2) is 55.9 Å². The average molecular weight is 408 g/mol. The Balaban J connectivity index is 1.23. The minimum absolute atomic E-state index is 0.0148. The number of carbonyl (C=O) groups is 3. The Kier molecular flexibility index (Phi) is 5.97. The molecule has 0 saturated carbocycles. The topological polar surface area (TPSA) is 110 Å². The van der Waals surface area contributed by atoms with Crippen molar-refractivity contribution < 1.29 is 14.4 Å². The first kappa shape index (κ1) is 19.9. The van der Waals surface area contributed by atoms with Crippen LogP contribution in [0.1, 0.15) is 58.6 Å². The normalized spacial score (nSPS) is 15.9. The van der Waals surface area contributed by atoms with Crippen LogP contribution in [0.3, 0.4) is 0 Å². The van der Waals surface area contributed by atoms with Crippen molar-refractivity contribution in [3.63, 3.8) is 0 Å². The first-order chi connectivity index (χ1) is 14.6. The Morgan fingerprint density at radius 2 is 1.83 bits per heavy atom. The van der Waals surface area contributed by atoms with Gasteiger partial charge in [-0.05, 0) is 49.5 Å². The Hall–Kier alpha value is -3.36. The number of hydrogen-bond donors (Lipinski definition) is 1. The standard InChI is InChI=1S/C21H24N6O3/c28-19(22-12-10-15-6-2-1-3-7-15)14-27-24-18(23-25-27)11-13-26-20(29)16-8-4-5-9-17(16)21(26)30/h4-6,8-9H,1-3,7,10-14H2,(H,22,28). The summed E-state index contributed by atoms with van der Waals surface area (Å²) in [4.78, 5) is 39.3. The number of tetrazole rings is 1. The van der Waals surface area contributed by atoms with E-state index in [4.69, 9.17) is 0 Å². The van der Waals surface area contributed by atoms with Gasteiger partial charge < -0.3 is 5.32 Å². The summed E-state index contributed by atoms with van der Waals surface area (Å²) < 4.78 is 0. The fourth-order valence-electron chi connectivity index (χ4n) is 3.78. The maximum Gasteiger partial charge on any atom is 0.261 e. The minimum Gasteiger partial charge on any atom is -0.354 e. The molecular weight excluding hydrogens is 384 g/mol. The van der Waals surface area contributed by atoms with Gasteiger partial charge in [-0.3, -0.25) is 19.3 Å². The van der Waals surface area contributed by atoms with Gasteiger partial charge in [0.1, 0.15) is 6.54 Å². The first-order valence-corrected chi connectivity index (χ1v) is 10.3. The van der Waals surface area contributed by atoms with Gasteiger partial charge in [-0.25, -0.2) is 0 Å². The van der Waals surface area contributed by atoms with Crippen LogP contribution in [0.5, 0.6) is 0 Å². The zero-order valence-corrected chi connectivity index (χ0v) is 16.7. The van der Waals surface area contributed by atoms with Crippen LogP contribution in [-0.2, 0) is 17.8 Å². The highest BCUT2D eigenvalue weighted by molar-refractivity contribution is 6.21. The zero-order chi connectivity index (χ0) is 20.9. The maximum absolute atomic E-state index is 12.4. The Morgan fingerprint density at radius 1 is 1.07 bits per heavy atom. The second-order valence-corrected chi connectivity index (χ2v) is 7.50. The van der Waals surface area contributed by atoms with E-state index in [0.29, 0.717) is 23.5 Å². The van der Waals surface area contributed by atoms with Gasteiger partial charge in [-0.15, -0.1) is 10.2 Å². The Labute approximate surface area is 174 Å². The van der Waals surface area contributed by atoms with Gasteiger partial charge in [0.05, 0.1) is 11.1 Å². The maximum atomic E-state index is 12.4. The Morgan fingerprint density at radius 3 is 2.53 bits per heavy atom. The predicted molar refractivity (Wildman–Crippen MR) is 108 cm³/mol. The second-order valence-electron chi connectivity index (χ2n) is 7.50. The SMILES string of the molecule is O=C(Cn1nnc(CCN2C(=O)c3ccccc3C2=O)n1)NCCC1=CCCCC1. The predicted octanol–water partition coefficient (Wildman–Crippen LogP) is 1.52. The molecule has 0 fully saturated rings. The van der Waals surface area contributed by atoms with Crippen LogP contribution in [0.25, 0.3) is 0 Å². The molecule has 2 heterocycles. The van der Waals surface area contributed by atoms with Crippen molar-refractivity contribution >= 4 is 17.7 Å². The third-order valence-corrected chi connectivity index (χ3v) is 5.37. The monoisotopic (exact) mass is 408 g/mol. The highest BCUT2D eigenvalue weighted by atomic mass is 16.2. The van der Waals surface area contributed by atoms with Gasteiger partial charge in [0.15, 0.2) is 5.82 Å². The van der Waals surface area contributed by atoms with Crippen molar-refractivity contribution in [2.24, 2.45) is 0 Å². The lowest BCUT2D eigenvalue weighted by Crippen LogP contribution is -2.32. The smallest absolute Gasteiger partial charge is 0.261 e. The molecule has 0 atom stereocenters. The number of rotatable bonds is 8. The number of nitrogens with one attached hydrogen (secondary N) is 1. The summed E-state index contributed by atoms with van der Waals surface area (Å²) in [6.07, 6.45) is 8.17. The fraction of sp³-hybridized carbons (Fsp3) is 0.429. The van der Waals surface area contributed by atoms with E-state index in [-0.39, 0.29) is 37.2 Å². The summed E-state index contributed by atoms with van der Waals surface area (Å²) in [6.45, 7) is 0.754. The number of benzene rings is 1. The lowest BCUT2D eigenvalue weighted by Gasteiger charge is -2.12. The molecule has 9 nitrogen and oxygen atoms in total. The number of aromatic nitrogens is 4. The number of hydrogen-bond acceptors (Lipinski definition) is 6. The number of amides is 3. The molecule has 30 heavy (non-hydrogen) atoms. The van der Waals surface area contributed by atoms with E-state index in [0.717, 1.165) is 19.3 Å². The summed E-state index contributed by atoms with van der Waals surface area (Å²) >= 11 is 0. The highest BCUT2D eigenvalue weighted by Crippen LogP contribution is 2.22. The van der Waals surface area contributed by atoms with Gasteiger partial charge >= 0.3 is 0 Å². The molecule has 2 aromatic rings. The molecule has 0 spiro atoms. The molecule has 0 unspecified atom stereocenters. The van der Waals surface area contributed by atoms with Crippen LogP contribution < -0.4 is 5.32 Å². The Bertz CT molecular complexity index is 961. The van der Waals surface area contributed by atoms with Crippen molar-refractivity contribution in [2.75, 3.05) is 13.1 Å². The van der Waals surface area contributed by atoms with Gasteiger partial charge in [-0.1, -0.05) is 23.8 Å². The summed E-state index contributed by atoms with van der Waals surface area (Å²) in [5.41, 5.74) is 2.25. The van der Waals surface area contributed by atoms with E-state index >= 15 is 0 Å². The highest BCUT2D eigenvalue weighted by Gasteiger charge is 2.34. The lowest BCUT2D eigenvalue weighted by molar-refractivity contribution is -0.122. The number of nitrogens with zero attached hydrogens (tertiary/aromatic N) is 5. The minimum atomic E-state index is -0.310. The van der Waals surface area contributed by atoms with Crippen LogP contribution in [0.2, 0.25) is 0 Å². The fourth-order valence-corrected chi connectivity index (χ4v) is 3.78. The van der Waals surface area contributed by atoms with Crippen molar-refractivity contribution in [1.82, 2.24) is 30.4 Å². The third kappa shape index (κ3) is 4.45. The van der Waals surface area contributed by atoms with Crippen LogP contribution in [0.4, 0.5) is 0 Å². The molecule has 1 aromatic carbocycles. The van der Waals surface area contributed by atoms with Gasteiger partial charge in [-0.2, -0.15) is 4.80 Å². The van der Waals surface area contributed by atoms with Gasteiger partial charge in [0.25, 0.3) is 11.8 Å². The number of carbonyl (C=O) groups excluding carboxylic acids is 3. The molecule has 0 saturated heterocycles. The molecule has 3 amide bonds. The molecule has 1 N–H and O–H groups in total. The molecular formula is C21H24N6O3. The molecule has 1 aliphatic heterocycles. The molecule has 0 bridgehead atoms. The molecule has 2 aliphatic rings. The van der Waals surface area contributed by atoms with Crippen LogP contribution in [0.15, 0.2) is 35.9 Å². The van der Waals surface area contributed by atoms with E-state index in [2.05, 4.69) is 26.8 Å². The molecule has 4 rings (SSSR count). The van der Waals surface area contributed by atoms with Crippen molar-refractivity contribution in [2.45, 2.75) is 45.1 Å². The zero-order valence-electron chi connectivity index (χ0n) is 16.7. The first-order valence-electron chi connectivity index (χ1n) is 10.3. The van der Waals surface area contributed by atoms with Crippen LogP contribution >= 0.6 is 0 Å². The molecule has 156 valence electrons. The molecule has 1 aliphatic carbocycles. The van der Waals surface area contributed by atoms with Gasteiger partial charge in [0, 0.05) is 19.5 Å². The van der Waals surface area contributed by atoms with E-state index in [1.165, 1.54) is 28.1 Å². The largest absolute Gasteiger partial charge is 0.354 e. The van der Waals surface area contributed by atoms with E-state index in [9.17, 15) is 14.4 Å². The molecule has 1 aromatic heterocycles. The number of allylic oxidation sites excluding steroid dienone is 1. The number of fused-ring (bicyclic) bond motifs is 1.